The van der Waals surface area contributed by atoms with Crippen molar-refractivity contribution in [2.75, 3.05) is 11.2 Å². The second-order valence-corrected chi connectivity index (χ2v) is 9.50. The van der Waals surface area contributed by atoms with Gasteiger partial charge in [0.1, 0.15) is 16.9 Å². The number of nitrogens with one attached hydrogen (secondary N) is 1. The minimum absolute atomic E-state index is 0.145. The SMILES string of the molecule is CSc1cccc(N2C(=O)c3cc(-c4ccco4)nn3C[C@@]2(C)C(=O)NC2CCCC2)c1. The van der Waals surface area contributed by atoms with Crippen LogP contribution in [-0.4, -0.2) is 39.4 Å². The first-order valence-electron chi connectivity index (χ1n) is 10.9. The lowest BCUT2D eigenvalue weighted by atomic mass is 9.93. The Morgan fingerprint density at radius 1 is 1.22 bits per heavy atom. The van der Waals surface area contributed by atoms with E-state index in [0.29, 0.717) is 22.8 Å². The minimum Gasteiger partial charge on any atom is -0.463 e. The lowest BCUT2D eigenvalue weighted by Gasteiger charge is -2.43. The van der Waals surface area contributed by atoms with Crippen LogP contribution in [-0.2, 0) is 11.3 Å². The Hall–Kier alpha value is -3.00. The molecule has 0 unspecified atom stereocenters. The van der Waals surface area contributed by atoms with Crippen molar-refractivity contribution in [3.05, 3.63) is 54.4 Å². The van der Waals surface area contributed by atoms with E-state index in [4.69, 9.17) is 4.42 Å². The van der Waals surface area contributed by atoms with Crippen molar-refractivity contribution in [3.63, 3.8) is 0 Å². The van der Waals surface area contributed by atoms with Crippen molar-refractivity contribution in [1.82, 2.24) is 15.1 Å². The summed E-state index contributed by atoms with van der Waals surface area (Å²) in [4.78, 5) is 30.1. The lowest BCUT2D eigenvalue weighted by Crippen LogP contribution is -2.65. The van der Waals surface area contributed by atoms with E-state index < -0.39 is 5.54 Å². The second kappa shape index (κ2) is 8.16. The summed E-state index contributed by atoms with van der Waals surface area (Å²) >= 11 is 1.60. The fourth-order valence-electron chi connectivity index (χ4n) is 4.69. The minimum atomic E-state index is -1.11. The van der Waals surface area contributed by atoms with Crippen molar-refractivity contribution in [2.45, 2.75) is 55.6 Å². The van der Waals surface area contributed by atoms with Crippen LogP contribution in [0.2, 0.25) is 0 Å². The molecule has 0 radical (unpaired) electrons. The van der Waals surface area contributed by atoms with Gasteiger partial charge >= 0.3 is 0 Å². The van der Waals surface area contributed by atoms with Crippen molar-refractivity contribution in [3.8, 4) is 11.5 Å². The molecule has 3 heterocycles. The zero-order valence-electron chi connectivity index (χ0n) is 18.2. The Bertz CT molecular complexity index is 1150. The van der Waals surface area contributed by atoms with E-state index in [1.54, 1.807) is 39.7 Å². The molecule has 5 rings (SSSR count). The standard InChI is InChI=1S/C24H26N4O3S/c1-24(23(30)25-16-7-3-4-8-16)15-27-20(14-19(26-27)21-11-6-12-31-21)22(29)28(24)17-9-5-10-18(13-17)32-2/h5-6,9-14,16H,3-4,7-8,15H2,1-2H3,(H,25,30)/t24-/m0/s1. The molecule has 0 spiro atoms. The molecule has 7 nitrogen and oxygen atoms in total. The Labute approximate surface area is 191 Å². The number of amides is 2. The number of nitrogens with zero attached hydrogens (tertiary/aromatic N) is 3. The van der Waals surface area contributed by atoms with E-state index in [1.165, 1.54) is 0 Å². The van der Waals surface area contributed by atoms with Crippen LogP contribution < -0.4 is 10.2 Å². The molecule has 0 bridgehead atoms. The highest BCUT2D eigenvalue weighted by Crippen LogP contribution is 2.36. The number of hydrogen-bond donors (Lipinski definition) is 1. The van der Waals surface area contributed by atoms with Gasteiger partial charge in [0.15, 0.2) is 5.76 Å². The van der Waals surface area contributed by atoms with Crippen molar-refractivity contribution in [2.24, 2.45) is 0 Å². The van der Waals surface area contributed by atoms with Crippen LogP contribution in [0.15, 0.2) is 58.0 Å². The summed E-state index contributed by atoms with van der Waals surface area (Å²) in [5, 5.41) is 7.81. The van der Waals surface area contributed by atoms with Crippen LogP contribution in [0, 0.1) is 0 Å². The third kappa shape index (κ3) is 3.52. The zero-order valence-corrected chi connectivity index (χ0v) is 19.0. The van der Waals surface area contributed by atoms with Crippen LogP contribution in [0.4, 0.5) is 5.69 Å². The predicted octanol–water partition coefficient (Wildman–Crippen LogP) is 4.34. The topological polar surface area (TPSA) is 80.4 Å². The summed E-state index contributed by atoms with van der Waals surface area (Å²) < 4.78 is 7.12. The van der Waals surface area contributed by atoms with Gasteiger partial charge < -0.3 is 9.73 Å². The molecule has 1 N–H and O–H groups in total. The Balaban J connectivity index is 1.59. The molecule has 1 aliphatic heterocycles. The van der Waals surface area contributed by atoms with Gasteiger partial charge in [0.2, 0.25) is 5.91 Å². The first kappa shape index (κ1) is 20.9. The summed E-state index contributed by atoms with van der Waals surface area (Å²) in [5.41, 5.74) is 0.613. The number of anilines is 1. The van der Waals surface area contributed by atoms with Gasteiger partial charge in [0.05, 0.1) is 12.8 Å². The molecule has 1 fully saturated rings. The van der Waals surface area contributed by atoms with E-state index in [0.717, 1.165) is 30.6 Å². The smallest absolute Gasteiger partial charge is 0.277 e. The predicted molar refractivity (Wildman–Crippen MR) is 124 cm³/mol. The quantitative estimate of drug-likeness (QED) is 0.585. The average Bonchev–Trinajstić information content (AvgIpc) is 3.55. The Kier molecular flexibility index (Phi) is 5.33. The Morgan fingerprint density at radius 3 is 2.75 bits per heavy atom. The van der Waals surface area contributed by atoms with Crippen LogP contribution >= 0.6 is 11.8 Å². The summed E-state index contributed by atoms with van der Waals surface area (Å²) in [6.45, 7) is 2.09. The van der Waals surface area contributed by atoms with Gasteiger partial charge in [-0.2, -0.15) is 5.10 Å². The summed E-state index contributed by atoms with van der Waals surface area (Å²) in [6, 6.07) is 13.3. The zero-order chi connectivity index (χ0) is 22.3. The molecule has 2 aliphatic rings. The first-order valence-corrected chi connectivity index (χ1v) is 12.1. The van der Waals surface area contributed by atoms with E-state index in [2.05, 4.69) is 10.4 Å². The van der Waals surface area contributed by atoms with Gasteiger partial charge in [-0.15, -0.1) is 11.8 Å². The maximum atomic E-state index is 13.8. The van der Waals surface area contributed by atoms with E-state index >= 15 is 0 Å². The molecule has 1 atom stereocenters. The largest absolute Gasteiger partial charge is 0.463 e. The van der Waals surface area contributed by atoms with Gasteiger partial charge in [-0.25, -0.2) is 0 Å². The second-order valence-electron chi connectivity index (χ2n) is 8.62. The fourth-order valence-corrected chi connectivity index (χ4v) is 5.14. The number of aromatic nitrogens is 2. The lowest BCUT2D eigenvalue weighted by molar-refractivity contribution is -0.127. The number of rotatable bonds is 5. The van der Waals surface area contributed by atoms with E-state index in [9.17, 15) is 9.59 Å². The molecule has 2 aromatic heterocycles. The summed E-state index contributed by atoms with van der Waals surface area (Å²) in [5.74, 6) is 0.199. The molecular weight excluding hydrogens is 424 g/mol. The number of carbonyl (C=O) groups excluding carboxylic acids is 2. The van der Waals surface area contributed by atoms with Crippen molar-refractivity contribution >= 4 is 29.3 Å². The first-order chi connectivity index (χ1) is 15.5. The van der Waals surface area contributed by atoms with Crippen LogP contribution in [0.25, 0.3) is 11.5 Å². The van der Waals surface area contributed by atoms with Gasteiger partial charge in [-0.05, 0) is 56.4 Å². The normalized spacial score (nSPS) is 21.1. The molecule has 166 valence electrons. The molecule has 2 amide bonds. The van der Waals surface area contributed by atoms with Crippen LogP contribution in [0.5, 0.6) is 0 Å². The maximum Gasteiger partial charge on any atom is 0.277 e. The highest BCUT2D eigenvalue weighted by Gasteiger charge is 2.49. The van der Waals surface area contributed by atoms with Crippen molar-refractivity contribution in [1.29, 1.82) is 0 Å². The number of hydrogen-bond acceptors (Lipinski definition) is 5. The van der Waals surface area contributed by atoms with Crippen LogP contribution in [0.1, 0.15) is 43.1 Å². The molecule has 1 aromatic carbocycles. The summed E-state index contributed by atoms with van der Waals surface area (Å²) in [6.07, 6.45) is 7.77. The highest BCUT2D eigenvalue weighted by molar-refractivity contribution is 7.98. The molecule has 0 saturated heterocycles. The van der Waals surface area contributed by atoms with Crippen LogP contribution in [0.3, 0.4) is 0 Å². The summed E-state index contributed by atoms with van der Waals surface area (Å²) in [7, 11) is 0. The number of thioether (sulfide) groups is 1. The van der Waals surface area contributed by atoms with E-state index in [1.807, 2.05) is 43.5 Å². The maximum absolute atomic E-state index is 13.8. The molecule has 1 aliphatic carbocycles. The highest BCUT2D eigenvalue weighted by atomic mass is 32.2. The van der Waals surface area contributed by atoms with Gasteiger partial charge in [0.25, 0.3) is 5.91 Å². The van der Waals surface area contributed by atoms with Crippen molar-refractivity contribution < 1.29 is 14.0 Å². The molecule has 3 aromatic rings. The average molecular weight is 451 g/mol. The third-order valence-electron chi connectivity index (χ3n) is 6.42. The number of benzene rings is 1. The van der Waals surface area contributed by atoms with Gasteiger partial charge in [-0.3, -0.25) is 19.2 Å². The third-order valence-corrected chi connectivity index (χ3v) is 7.14. The number of fused-ring (bicyclic) bond motifs is 1. The molecule has 1 saturated carbocycles. The molecule has 8 heteroatoms. The monoisotopic (exact) mass is 450 g/mol. The molecular formula is C24H26N4O3S. The molecule has 32 heavy (non-hydrogen) atoms. The Morgan fingerprint density at radius 2 is 2.03 bits per heavy atom. The van der Waals surface area contributed by atoms with Gasteiger partial charge in [0, 0.05) is 22.7 Å². The number of carbonyl (C=O) groups is 2. The number of furan rings is 1. The fraction of sp³-hybridized carbons (Fsp3) is 0.375. The van der Waals surface area contributed by atoms with E-state index in [-0.39, 0.29) is 24.4 Å². The van der Waals surface area contributed by atoms with Gasteiger partial charge in [-0.1, -0.05) is 18.9 Å².